The molecule has 1 aromatic rings. The molecule has 17 nitrogen and oxygen atoms in total. The predicted octanol–water partition coefficient (Wildman–Crippen LogP) is 1.69. The van der Waals surface area contributed by atoms with Gasteiger partial charge in [-0.15, -0.1) is 19.3 Å². The van der Waals surface area contributed by atoms with Crippen molar-refractivity contribution in [1.29, 1.82) is 0 Å². The second-order valence-corrected chi connectivity index (χ2v) is 14.6. The predicted molar refractivity (Wildman–Crippen MR) is 216 cm³/mol. The van der Waals surface area contributed by atoms with Crippen molar-refractivity contribution < 1.29 is 61.2 Å². The fourth-order valence-electron chi connectivity index (χ4n) is 4.96. The van der Waals surface area contributed by atoms with Crippen LogP contribution in [0.1, 0.15) is 48.9 Å². The second kappa shape index (κ2) is 32.5. The highest BCUT2D eigenvalue weighted by Gasteiger charge is 2.34. The van der Waals surface area contributed by atoms with Gasteiger partial charge >= 0.3 is 7.60 Å². The van der Waals surface area contributed by atoms with Crippen LogP contribution in [0, 0.1) is 37.0 Å². The molecular formula is C40H59N4O13P. The number of benzene rings is 1. The van der Waals surface area contributed by atoms with Crippen molar-refractivity contribution >= 4 is 31.2 Å². The second-order valence-electron chi connectivity index (χ2n) is 12.5. The molecule has 322 valence electrons. The topological polar surface area (TPSA) is 207 Å². The van der Waals surface area contributed by atoms with Crippen LogP contribution in [0.2, 0.25) is 0 Å². The first-order chi connectivity index (χ1) is 28.0. The first-order valence-corrected chi connectivity index (χ1v) is 20.8. The third-order valence-electron chi connectivity index (χ3n) is 7.95. The summed E-state index contributed by atoms with van der Waals surface area (Å²) >= 11 is 0. The van der Waals surface area contributed by atoms with Crippen LogP contribution >= 0.6 is 7.60 Å². The molecule has 0 aliphatic heterocycles. The van der Waals surface area contributed by atoms with E-state index in [4.69, 9.17) is 56.7 Å². The molecule has 1 aromatic carbocycles. The third kappa shape index (κ3) is 26.4. The molecular weight excluding hydrogens is 775 g/mol. The summed E-state index contributed by atoms with van der Waals surface area (Å²) in [4.78, 5) is 53.1. The Morgan fingerprint density at radius 1 is 0.638 bits per heavy atom. The Hall–Kier alpha value is -4.47. The largest absolute Gasteiger partial charge is 0.425 e. The van der Waals surface area contributed by atoms with Crippen molar-refractivity contribution in [2.45, 2.75) is 44.1 Å². The van der Waals surface area contributed by atoms with Gasteiger partial charge in [0, 0.05) is 63.8 Å². The van der Waals surface area contributed by atoms with E-state index >= 15 is 0 Å². The van der Waals surface area contributed by atoms with Gasteiger partial charge in [0.2, 0.25) is 17.7 Å². The van der Waals surface area contributed by atoms with Crippen LogP contribution in [0.4, 0.5) is 0 Å². The van der Waals surface area contributed by atoms with Crippen molar-refractivity contribution in [1.82, 2.24) is 21.3 Å². The number of terminal acetylenes is 3. The Morgan fingerprint density at radius 3 is 1.41 bits per heavy atom. The molecule has 0 spiro atoms. The molecule has 1 atom stereocenters. The lowest BCUT2D eigenvalue weighted by atomic mass is 9.82. The summed E-state index contributed by atoms with van der Waals surface area (Å²) in [5.74, 6) is 5.64. The number of ether oxygens (including phenoxy) is 6. The zero-order valence-electron chi connectivity index (χ0n) is 33.6. The van der Waals surface area contributed by atoms with Gasteiger partial charge in [-0.05, 0) is 37.5 Å². The maximum atomic E-state index is 13.9. The van der Waals surface area contributed by atoms with Crippen LogP contribution in [0.5, 0.6) is 5.75 Å². The van der Waals surface area contributed by atoms with Crippen molar-refractivity contribution in [2.75, 3.05) is 113 Å². The van der Waals surface area contributed by atoms with E-state index < -0.39 is 19.0 Å². The smallest absolute Gasteiger partial charge is 0.375 e. The molecule has 0 aromatic heterocycles. The molecule has 0 heterocycles. The van der Waals surface area contributed by atoms with Crippen molar-refractivity contribution in [3.63, 3.8) is 0 Å². The van der Waals surface area contributed by atoms with Crippen LogP contribution in [0.25, 0.3) is 0 Å². The first-order valence-electron chi connectivity index (χ1n) is 18.8. The lowest BCUT2D eigenvalue weighted by Crippen LogP contribution is -2.50. The van der Waals surface area contributed by atoms with E-state index in [-0.39, 0.29) is 127 Å². The third-order valence-corrected chi connectivity index (χ3v) is 9.15. The lowest BCUT2D eigenvalue weighted by Gasteiger charge is -2.35. The van der Waals surface area contributed by atoms with Crippen LogP contribution < -0.4 is 25.8 Å². The highest BCUT2D eigenvalue weighted by molar-refractivity contribution is 7.53. The molecule has 0 bridgehead atoms. The number of hydrogen-bond acceptors (Lipinski definition) is 13. The summed E-state index contributed by atoms with van der Waals surface area (Å²) in [6.45, 7) is 4.94. The van der Waals surface area contributed by atoms with E-state index in [0.717, 1.165) is 0 Å². The standard InChI is InChI=1S/C40H59N4O13P/c1-6-21-51-27-30-54-24-18-41-36(45)12-15-40(16-13-37(46)42-19-25-55-31-28-52-22-7-2,17-14-38(47)43-20-26-56-32-29-53-23-8-3)44-39(48)34-10-9-11-35(33-34)57-58(5,49)50-4/h1-3,9-11,33H,12-32H2,4-5H3,(H,41,45)(H,42,46)(H,43,47)(H,44,48). The summed E-state index contributed by atoms with van der Waals surface area (Å²) in [7, 11) is -2.20. The Bertz CT molecular complexity index is 1430. The summed E-state index contributed by atoms with van der Waals surface area (Å²) in [5, 5.41) is 11.4. The fourth-order valence-corrected chi connectivity index (χ4v) is 5.53. The summed E-state index contributed by atoms with van der Waals surface area (Å²) in [6.07, 6.45) is 15.5. The van der Waals surface area contributed by atoms with Gasteiger partial charge in [0.1, 0.15) is 25.6 Å². The van der Waals surface area contributed by atoms with Crippen molar-refractivity contribution in [3.05, 3.63) is 29.8 Å². The molecule has 0 saturated carbocycles. The minimum absolute atomic E-state index is 0.0595. The average Bonchev–Trinajstić information content (AvgIpc) is 3.21. The number of hydrogen-bond donors (Lipinski definition) is 4. The molecule has 4 amide bonds. The maximum absolute atomic E-state index is 13.9. The Labute approximate surface area is 342 Å². The van der Waals surface area contributed by atoms with Crippen molar-refractivity contribution in [3.8, 4) is 42.8 Å². The number of rotatable bonds is 35. The quantitative estimate of drug-likeness (QED) is 0.0437. The molecule has 1 unspecified atom stereocenters. The number of nitrogens with one attached hydrogen (secondary N) is 4. The summed E-state index contributed by atoms with van der Waals surface area (Å²) in [6, 6.07) is 5.99. The van der Waals surface area contributed by atoms with Gasteiger partial charge in [0.05, 0.1) is 59.5 Å². The molecule has 18 heteroatoms. The highest BCUT2D eigenvalue weighted by Crippen LogP contribution is 2.43. The van der Waals surface area contributed by atoms with E-state index in [1.54, 1.807) is 6.07 Å². The molecule has 0 saturated heterocycles. The molecule has 4 N–H and O–H groups in total. The number of amides is 4. The van der Waals surface area contributed by atoms with E-state index in [2.05, 4.69) is 39.0 Å². The minimum Gasteiger partial charge on any atom is -0.425 e. The van der Waals surface area contributed by atoms with Gasteiger partial charge in [-0.25, -0.2) is 4.57 Å². The maximum Gasteiger partial charge on any atom is 0.375 e. The molecule has 0 radical (unpaired) electrons. The van der Waals surface area contributed by atoms with Crippen LogP contribution in [0.15, 0.2) is 24.3 Å². The minimum atomic E-state index is -3.45. The zero-order chi connectivity index (χ0) is 42.7. The Kier molecular flexibility index (Phi) is 28.9. The highest BCUT2D eigenvalue weighted by atomic mass is 31.2. The monoisotopic (exact) mass is 834 g/mol. The first kappa shape index (κ1) is 51.5. The van der Waals surface area contributed by atoms with Gasteiger partial charge in [-0.1, -0.05) is 23.8 Å². The normalized spacial score (nSPS) is 11.9. The lowest BCUT2D eigenvalue weighted by molar-refractivity contribution is -0.121. The van der Waals surface area contributed by atoms with E-state index in [0.29, 0.717) is 39.6 Å². The van der Waals surface area contributed by atoms with Crippen LogP contribution in [-0.4, -0.2) is 142 Å². The fraction of sp³-hybridized carbons (Fsp3) is 0.600. The molecule has 1 rings (SSSR count). The van der Waals surface area contributed by atoms with Gasteiger partial charge < -0.3 is 58.7 Å². The molecule has 0 aliphatic carbocycles. The molecule has 58 heavy (non-hydrogen) atoms. The van der Waals surface area contributed by atoms with Crippen molar-refractivity contribution in [2.24, 2.45) is 0 Å². The van der Waals surface area contributed by atoms with E-state index in [9.17, 15) is 23.7 Å². The van der Waals surface area contributed by atoms with Crippen LogP contribution in [-0.2, 0) is 51.9 Å². The SMILES string of the molecule is C#CCOCCOCCNC(=O)CCC(CCC(=O)NCCOCCOCC#C)(CCC(=O)NCCOCCOCC#C)NC(=O)c1cccc(OP(C)(=O)OC)c1. The summed E-state index contributed by atoms with van der Waals surface area (Å²) < 4.78 is 54.7. The van der Waals surface area contributed by atoms with E-state index in [1.807, 2.05) is 0 Å². The van der Waals surface area contributed by atoms with E-state index in [1.165, 1.54) is 32.0 Å². The zero-order valence-corrected chi connectivity index (χ0v) is 34.5. The van der Waals surface area contributed by atoms with Gasteiger partial charge in [-0.3, -0.25) is 19.2 Å². The van der Waals surface area contributed by atoms with Gasteiger partial charge in [-0.2, -0.15) is 0 Å². The Balaban J connectivity index is 3.15. The summed E-state index contributed by atoms with van der Waals surface area (Å²) in [5.41, 5.74) is -1.08. The average molecular weight is 835 g/mol. The van der Waals surface area contributed by atoms with Crippen LogP contribution in [0.3, 0.4) is 0 Å². The van der Waals surface area contributed by atoms with Gasteiger partial charge in [0.15, 0.2) is 0 Å². The van der Waals surface area contributed by atoms with Gasteiger partial charge in [0.25, 0.3) is 5.91 Å². The molecule has 0 aliphatic rings. The number of carbonyl (C=O) groups is 4. The molecule has 0 fully saturated rings. The Morgan fingerprint density at radius 2 is 1.03 bits per heavy atom. The number of carbonyl (C=O) groups excluding carboxylic acids is 4.